The smallest absolute Gasteiger partial charge is 0.260 e. The number of nitrogens with zero attached hydrogens (tertiary/aromatic N) is 1. The molecule has 1 saturated heterocycles. The van der Waals surface area contributed by atoms with Crippen molar-refractivity contribution >= 4 is 23.4 Å². The van der Waals surface area contributed by atoms with Crippen LogP contribution in [0.1, 0.15) is 30.1 Å². The van der Waals surface area contributed by atoms with Gasteiger partial charge in [0.05, 0.1) is 6.61 Å². The third kappa shape index (κ3) is 6.12. The Balaban J connectivity index is 1.41. The molecule has 154 valence electrons. The van der Waals surface area contributed by atoms with Gasteiger partial charge in [0.25, 0.3) is 11.8 Å². The van der Waals surface area contributed by atoms with Crippen molar-refractivity contribution in [2.45, 2.75) is 25.8 Å². The van der Waals surface area contributed by atoms with Crippen LogP contribution < -0.4 is 14.8 Å². The highest BCUT2D eigenvalue weighted by molar-refractivity contribution is 6.30. The number of nitrogens with one attached hydrogen (secondary N) is 1. The second-order valence-electron chi connectivity index (χ2n) is 6.83. The summed E-state index contributed by atoms with van der Waals surface area (Å²) in [5.41, 5.74) is 0.600. The number of rotatable bonds is 7. The minimum absolute atomic E-state index is 0.00909. The molecular formula is C22H25ClN2O4. The summed E-state index contributed by atoms with van der Waals surface area (Å²) >= 11 is 5.84. The SMILES string of the molecule is CCOc1ccc(C(=O)NC2CCN(C(=O)COc3ccc(Cl)cc3)CC2)cc1. The monoisotopic (exact) mass is 416 g/mol. The highest BCUT2D eigenvalue weighted by Crippen LogP contribution is 2.17. The second kappa shape index (κ2) is 10.2. The molecule has 29 heavy (non-hydrogen) atoms. The molecule has 0 radical (unpaired) electrons. The molecule has 1 fully saturated rings. The van der Waals surface area contributed by atoms with Gasteiger partial charge in [-0.3, -0.25) is 9.59 Å². The van der Waals surface area contributed by atoms with Gasteiger partial charge in [0.2, 0.25) is 0 Å². The van der Waals surface area contributed by atoms with E-state index in [-0.39, 0.29) is 24.5 Å². The summed E-state index contributed by atoms with van der Waals surface area (Å²) in [7, 11) is 0. The maximum Gasteiger partial charge on any atom is 0.260 e. The number of amides is 2. The zero-order valence-electron chi connectivity index (χ0n) is 16.4. The maximum absolute atomic E-state index is 12.4. The normalized spacial score (nSPS) is 14.3. The molecular weight excluding hydrogens is 392 g/mol. The van der Waals surface area contributed by atoms with Crippen LogP contribution in [0.15, 0.2) is 48.5 Å². The highest BCUT2D eigenvalue weighted by Gasteiger charge is 2.24. The number of carbonyl (C=O) groups excluding carboxylic acids is 2. The highest BCUT2D eigenvalue weighted by atomic mass is 35.5. The van der Waals surface area contributed by atoms with E-state index >= 15 is 0 Å². The molecule has 7 heteroatoms. The minimum atomic E-state index is -0.108. The Hall–Kier alpha value is -2.73. The fraction of sp³-hybridized carbons (Fsp3) is 0.364. The van der Waals surface area contributed by atoms with E-state index in [0.717, 1.165) is 18.6 Å². The van der Waals surface area contributed by atoms with Crippen molar-refractivity contribution in [3.05, 3.63) is 59.1 Å². The first kappa shape index (κ1) is 21.0. The lowest BCUT2D eigenvalue weighted by molar-refractivity contribution is -0.134. The summed E-state index contributed by atoms with van der Waals surface area (Å²) in [5, 5.41) is 3.67. The van der Waals surface area contributed by atoms with Gasteiger partial charge in [-0.1, -0.05) is 11.6 Å². The number of likely N-dealkylation sites (tertiary alicyclic amines) is 1. The zero-order valence-corrected chi connectivity index (χ0v) is 17.2. The van der Waals surface area contributed by atoms with Crippen molar-refractivity contribution in [3.8, 4) is 11.5 Å². The van der Waals surface area contributed by atoms with Crippen LogP contribution in [0.25, 0.3) is 0 Å². The van der Waals surface area contributed by atoms with Gasteiger partial charge < -0.3 is 19.7 Å². The third-order valence-electron chi connectivity index (χ3n) is 4.79. The molecule has 0 unspecified atom stereocenters. The van der Waals surface area contributed by atoms with Crippen molar-refractivity contribution in [2.75, 3.05) is 26.3 Å². The molecule has 0 aliphatic carbocycles. The molecule has 6 nitrogen and oxygen atoms in total. The molecule has 1 N–H and O–H groups in total. The summed E-state index contributed by atoms with van der Waals surface area (Å²) in [5.74, 6) is 1.19. The van der Waals surface area contributed by atoms with Gasteiger partial charge in [-0.25, -0.2) is 0 Å². The van der Waals surface area contributed by atoms with Gasteiger partial charge in [-0.05, 0) is 68.3 Å². The lowest BCUT2D eigenvalue weighted by Crippen LogP contribution is -2.47. The van der Waals surface area contributed by atoms with E-state index in [4.69, 9.17) is 21.1 Å². The molecule has 0 spiro atoms. The van der Waals surface area contributed by atoms with Crippen LogP contribution in [0, 0.1) is 0 Å². The van der Waals surface area contributed by atoms with Gasteiger partial charge >= 0.3 is 0 Å². The van der Waals surface area contributed by atoms with Crippen molar-refractivity contribution in [1.29, 1.82) is 0 Å². The van der Waals surface area contributed by atoms with Gasteiger partial charge in [-0.15, -0.1) is 0 Å². The fourth-order valence-electron chi connectivity index (χ4n) is 3.18. The first-order valence-corrected chi connectivity index (χ1v) is 10.1. The lowest BCUT2D eigenvalue weighted by Gasteiger charge is -2.32. The van der Waals surface area contributed by atoms with Gasteiger partial charge in [-0.2, -0.15) is 0 Å². The number of hydrogen-bond acceptors (Lipinski definition) is 4. The summed E-state index contributed by atoms with van der Waals surface area (Å²) in [4.78, 5) is 26.5. The van der Waals surface area contributed by atoms with Crippen LogP contribution in [0.2, 0.25) is 5.02 Å². The second-order valence-corrected chi connectivity index (χ2v) is 7.26. The summed E-state index contributed by atoms with van der Waals surface area (Å²) in [6.45, 7) is 3.69. The molecule has 1 aliphatic heterocycles. The van der Waals surface area contributed by atoms with Crippen molar-refractivity contribution in [2.24, 2.45) is 0 Å². The molecule has 2 aromatic rings. The average molecular weight is 417 g/mol. The number of carbonyl (C=O) groups is 2. The van der Waals surface area contributed by atoms with E-state index in [0.29, 0.717) is 36.0 Å². The third-order valence-corrected chi connectivity index (χ3v) is 5.04. The van der Waals surface area contributed by atoms with E-state index in [9.17, 15) is 9.59 Å². The van der Waals surface area contributed by atoms with Crippen LogP contribution in [0.3, 0.4) is 0 Å². The van der Waals surface area contributed by atoms with Gasteiger partial charge in [0, 0.05) is 29.7 Å². The molecule has 3 rings (SSSR count). The number of piperidine rings is 1. The summed E-state index contributed by atoms with van der Waals surface area (Å²) in [6, 6.07) is 14.1. The maximum atomic E-state index is 12.4. The quantitative estimate of drug-likeness (QED) is 0.749. The number of halogens is 1. The average Bonchev–Trinajstić information content (AvgIpc) is 2.74. The summed E-state index contributed by atoms with van der Waals surface area (Å²) < 4.78 is 10.9. The van der Waals surface area contributed by atoms with Gasteiger partial charge in [0.15, 0.2) is 6.61 Å². The van der Waals surface area contributed by atoms with Crippen molar-refractivity contribution in [3.63, 3.8) is 0 Å². The molecule has 0 atom stereocenters. The van der Waals surface area contributed by atoms with Crippen LogP contribution >= 0.6 is 11.6 Å². The van der Waals surface area contributed by atoms with Crippen LogP contribution in [-0.4, -0.2) is 49.1 Å². The van der Waals surface area contributed by atoms with E-state index in [1.165, 1.54) is 0 Å². The Morgan fingerprint density at radius 3 is 2.21 bits per heavy atom. The molecule has 1 aliphatic rings. The first-order valence-electron chi connectivity index (χ1n) is 9.75. The molecule has 0 saturated carbocycles. The van der Waals surface area contributed by atoms with E-state index in [1.54, 1.807) is 53.4 Å². The van der Waals surface area contributed by atoms with Crippen LogP contribution in [0.4, 0.5) is 0 Å². The summed E-state index contributed by atoms with van der Waals surface area (Å²) in [6.07, 6.45) is 1.44. The van der Waals surface area contributed by atoms with Crippen molar-refractivity contribution in [1.82, 2.24) is 10.2 Å². The lowest BCUT2D eigenvalue weighted by atomic mass is 10.0. The Morgan fingerprint density at radius 1 is 1.00 bits per heavy atom. The Morgan fingerprint density at radius 2 is 1.59 bits per heavy atom. The fourth-order valence-corrected chi connectivity index (χ4v) is 3.30. The molecule has 2 aromatic carbocycles. The number of benzene rings is 2. The Kier molecular flexibility index (Phi) is 7.36. The first-order chi connectivity index (χ1) is 14.0. The van der Waals surface area contributed by atoms with Crippen molar-refractivity contribution < 1.29 is 19.1 Å². The zero-order chi connectivity index (χ0) is 20.6. The molecule has 0 bridgehead atoms. The largest absolute Gasteiger partial charge is 0.494 e. The number of hydrogen-bond donors (Lipinski definition) is 1. The standard InChI is InChI=1S/C22H25ClN2O4/c1-2-28-19-7-3-16(4-8-19)22(27)24-18-11-13-25(14-12-18)21(26)15-29-20-9-5-17(23)6-10-20/h3-10,18H,2,11-15H2,1H3,(H,24,27). The molecule has 0 aromatic heterocycles. The van der Waals surface area contributed by atoms with E-state index in [2.05, 4.69) is 5.32 Å². The minimum Gasteiger partial charge on any atom is -0.494 e. The number of ether oxygens (including phenoxy) is 2. The van der Waals surface area contributed by atoms with E-state index in [1.807, 2.05) is 6.92 Å². The Labute approximate surface area is 175 Å². The predicted molar refractivity (Wildman–Crippen MR) is 112 cm³/mol. The molecule has 1 heterocycles. The predicted octanol–water partition coefficient (Wildman–Crippen LogP) is 3.54. The van der Waals surface area contributed by atoms with E-state index < -0.39 is 0 Å². The van der Waals surface area contributed by atoms with Crippen LogP contribution in [-0.2, 0) is 4.79 Å². The Bertz CT molecular complexity index is 816. The van der Waals surface area contributed by atoms with Gasteiger partial charge in [0.1, 0.15) is 11.5 Å². The van der Waals surface area contributed by atoms with Crippen LogP contribution in [0.5, 0.6) is 11.5 Å². The molecule has 2 amide bonds. The topological polar surface area (TPSA) is 67.9 Å².